The van der Waals surface area contributed by atoms with Crippen molar-refractivity contribution in [2.24, 2.45) is 0 Å². The molecule has 4 nitrogen and oxygen atoms in total. The summed E-state index contributed by atoms with van der Waals surface area (Å²) in [5, 5.41) is 2.31. The second-order valence-corrected chi connectivity index (χ2v) is 13.7. The molecule has 10 aromatic rings. The fraction of sp³-hybridized carbons (Fsp3) is 0. The van der Waals surface area contributed by atoms with Crippen LogP contribution in [0.1, 0.15) is 0 Å². The van der Waals surface area contributed by atoms with Gasteiger partial charge in [0.1, 0.15) is 0 Å². The molecular weight excluding hydrogens is 669 g/mol. The van der Waals surface area contributed by atoms with Gasteiger partial charge >= 0.3 is 0 Å². The molecule has 0 saturated heterocycles. The first-order chi connectivity index (χ1) is 27.2. The molecule has 0 spiro atoms. The molecular formula is C51H34N4. The summed E-state index contributed by atoms with van der Waals surface area (Å²) in [5.74, 6) is 1.79. The van der Waals surface area contributed by atoms with Crippen LogP contribution >= 0.6 is 0 Å². The first-order valence-electron chi connectivity index (χ1n) is 18.5. The summed E-state index contributed by atoms with van der Waals surface area (Å²) in [4.78, 5) is 15.7. The maximum atomic E-state index is 5.29. The van der Waals surface area contributed by atoms with Crippen molar-refractivity contribution < 1.29 is 0 Å². The Morgan fingerprint density at radius 1 is 0.255 bits per heavy atom. The molecule has 0 atom stereocenters. The number of hydrogen-bond acceptors (Lipinski definition) is 3. The molecule has 0 aliphatic carbocycles. The van der Waals surface area contributed by atoms with Gasteiger partial charge < -0.3 is 0 Å². The minimum absolute atomic E-state index is 0.573. The highest BCUT2D eigenvalue weighted by Crippen LogP contribution is 2.36. The molecule has 0 unspecified atom stereocenters. The van der Waals surface area contributed by atoms with Crippen molar-refractivity contribution in [2.45, 2.75) is 0 Å². The number of fused-ring (bicyclic) bond motifs is 3. The first-order valence-corrected chi connectivity index (χ1v) is 18.5. The molecule has 10 rings (SSSR count). The summed E-state index contributed by atoms with van der Waals surface area (Å²) in [6.45, 7) is 0. The topological polar surface area (TPSA) is 43.6 Å². The van der Waals surface area contributed by atoms with E-state index in [-0.39, 0.29) is 0 Å². The molecule has 0 amide bonds. The van der Waals surface area contributed by atoms with Gasteiger partial charge in [-0.15, -0.1) is 0 Å². The van der Waals surface area contributed by atoms with Crippen molar-refractivity contribution in [3.8, 4) is 73.2 Å². The monoisotopic (exact) mass is 702 g/mol. The van der Waals surface area contributed by atoms with Crippen LogP contribution in [0.3, 0.4) is 0 Å². The van der Waals surface area contributed by atoms with Crippen molar-refractivity contribution in [1.82, 2.24) is 19.5 Å². The van der Waals surface area contributed by atoms with Crippen LogP contribution in [0.15, 0.2) is 206 Å². The lowest BCUT2D eigenvalue weighted by Crippen LogP contribution is -2.06. The zero-order valence-corrected chi connectivity index (χ0v) is 29.9. The predicted molar refractivity (Wildman–Crippen MR) is 227 cm³/mol. The quantitative estimate of drug-likeness (QED) is 0.166. The summed E-state index contributed by atoms with van der Waals surface area (Å²) in [6, 6.07) is 72.3. The van der Waals surface area contributed by atoms with E-state index in [4.69, 9.17) is 15.0 Å². The van der Waals surface area contributed by atoms with Gasteiger partial charge in [-0.3, -0.25) is 4.57 Å². The summed E-state index contributed by atoms with van der Waals surface area (Å²) in [6.07, 6.45) is 0. The number of benzene rings is 8. The van der Waals surface area contributed by atoms with Gasteiger partial charge in [0.25, 0.3) is 0 Å². The van der Waals surface area contributed by atoms with Gasteiger partial charge in [-0.05, 0) is 80.9 Å². The normalized spacial score (nSPS) is 11.3. The van der Waals surface area contributed by atoms with Gasteiger partial charge in [0.05, 0.1) is 11.0 Å². The molecule has 0 bridgehead atoms. The number of rotatable bonds is 7. The molecule has 258 valence electrons. The van der Waals surface area contributed by atoms with Crippen LogP contribution in [0.4, 0.5) is 0 Å². The fourth-order valence-corrected chi connectivity index (χ4v) is 7.53. The fourth-order valence-electron chi connectivity index (χ4n) is 7.53. The average molecular weight is 703 g/mol. The lowest BCUT2D eigenvalue weighted by atomic mass is 9.96. The van der Waals surface area contributed by atoms with Crippen LogP contribution in [0, 0.1) is 0 Å². The van der Waals surface area contributed by atoms with Crippen LogP contribution in [0.2, 0.25) is 0 Å². The van der Waals surface area contributed by atoms with E-state index in [0.29, 0.717) is 17.6 Å². The van der Waals surface area contributed by atoms with Crippen LogP contribution < -0.4 is 0 Å². The summed E-state index contributed by atoms with van der Waals surface area (Å²) < 4.78 is 2.17. The Morgan fingerprint density at radius 2 is 0.618 bits per heavy atom. The molecule has 2 heterocycles. The third-order valence-electron chi connectivity index (χ3n) is 10.3. The Bertz CT molecular complexity index is 2840. The maximum Gasteiger partial charge on any atom is 0.238 e. The number of para-hydroxylation sites is 2. The molecule has 8 aromatic carbocycles. The maximum absolute atomic E-state index is 5.29. The second kappa shape index (κ2) is 13.8. The van der Waals surface area contributed by atoms with Crippen LogP contribution in [-0.2, 0) is 0 Å². The SMILES string of the molecule is c1ccc(-c2cccc(-c3ccc(-c4nc(-c5cc(-c6ccccc6)cc(-c6ccccc6)c5)nc(-n5c6ccccc6c6ccccc65)n4)cc3)c2)cc1. The molecule has 55 heavy (non-hydrogen) atoms. The lowest BCUT2D eigenvalue weighted by molar-refractivity contribution is 0.953. The molecule has 0 aliphatic heterocycles. The largest absolute Gasteiger partial charge is 0.278 e. The Morgan fingerprint density at radius 3 is 1.15 bits per heavy atom. The molecule has 0 radical (unpaired) electrons. The Hall–Kier alpha value is -7.43. The van der Waals surface area contributed by atoms with E-state index >= 15 is 0 Å². The number of hydrogen-bond donors (Lipinski definition) is 0. The minimum atomic E-state index is 0.573. The minimum Gasteiger partial charge on any atom is -0.278 e. The zero-order valence-electron chi connectivity index (χ0n) is 29.9. The highest BCUT2D eigenvalue weighted by Gasteiger charge is 2.19. The summed E-state index contributed by atoms with van der Waals surface area (Å²) >= 11 is 0. The molecule has 0 saturated carbocycles. The second-order valence-electron chi connectivity index (χ2n) is 13.7. The third kappa shape index (κ3) is 6.16. The molecule has 0 fully saturated rings. The summed E-state index contributed by atoms with van der Waals surface area (Å²) in [5.41, 5.74) is 13.0. The molecule has 2 aromatic heterocycles. The van der Waals surface area contributed by atoms with Gasteiger partial charge in [0.15, 0.2) is 11.6 Å². The van der Waals surface area contributed by atoms with Gasteiger partial charge in [-0.1, -0.05) is 170 Å². The van der Waals surface area contributed by atoms with Crippen molar-refractivity contribution in [1.29, 1.82) is 0 Å². The van der Waals surface area contributed by atoms with Gasteiger partial charge in [0, 0.05) is 21.9 Å². The van der Waals surface area contributed by atoms with E-state index in [2.05, 4.69) is 193 Å². The predicted octanol–water partition coefficient (Wildman–Crippen LogP) is 13.0. The van der Waals surface area contributed by atoms with Crippen molar-refractivity contribution in [3.63, 3.8) is 0 Å². The van der Waals surface area contributed by atoms with Gasteiger partial charge in [-0.25, -0.2) is 4.98 Å². The standard InChI is InChI=1S/C51H34N4/c1-4-15-35(16-5-1)40-21-14-22-41(31-40)38-27-29-39(30-28-38)49-52-50(54-51(53-49)55-47-25-12-10-23-45(47)46-24-11-13-26-48(46)55)44-33-42(36-17-6-2-7-18-36)32-43(34-44)37-19-8-3-9-20-37/h1-34H. The Balaban J connectivity index is 1.16. The van der Waals surface area contributed by atoms with E-state index in [1.165, 1.54) is 11.1 Å². The first kappa shape index (κ1) is 32.2. The van der Waals surface area contributed by atoms with Crippen molar-refractivity contribution >= 4 is 21.8 Å². The van der Waals surface area contributed by atoms with Crippen LogP contribution in [0.25, 0.3) is 95.0 Å². The van der Waals surface area contributed by atoms with E-state index in [9.17, 15) is 0 Å². The van der Waals surface area contributed by atoms with E-state index in [0.717, 1.165) is 66.3 Å². The zero-order chi connectivity index (χ0) is 36.6. The third-order valence-corrected chi connectivity index (χ3v) is 10.3. The molecule has 4 heteroatoms. The average Bonchev–Trinajstić information content (AvgIpc) is 3.61. The smallest absolute Gasteiger partial charge is 0.238 e. The molecule has 0 aliphatic rings. The Labute approximate surface area is 319 Å². The van der Waals surface area contributed by atoms with E-state index in [1.54, 1.807) is 0 Å². The van der Waals surface area contributed by atoms with Gasteiger partial charge in [0.2, 0.25) is 5.95 Å². The summed E-state index contributed by atoms with van der Waals surface area (Å²) in [7, 11) is 0. The number of aromatic nitrogens is 4. The van der Waals surface area contributed by atoms with Crippen LogP contribution in [0.5, 0.6) is 0 Å². The van der Waals surface area contributed by atoms with E-state index in [1.807, 2.05) is 18.2 Å². The van der Waals surface area contributed by atoms with Crippen LogP contribution in [-0.4, -0.2) is 19.5 Å². The molecule has 0 N–H and O–H groups in total. The highest BCUT2D eigenvalue weighted by molar-refractivity contribution is 6.09. The highest BCUT2D eigenvalue weighted by atomic mass is 15.2. The number of nitrogens with zero attached hydrogens (tertiary/aromatic N) is 4. The lowest BCUT2D eigenvalue weighted by Gasteiger charge is -2.13. The van der Waals surface area contributed by atoms with Crippen molar-refractivity contribution in [3.05, 3.63) is 206 Å². The Kier molecular flexibility index (Phi) is 8.12. The van der Waals surface area contributed by atoms with Crippen molar-refractivity contribution in [2.75, 3.05) is 0 Å². The van der Waals surface area contributed by atoms with E-state index < -0.39 is 0 Å². The van der Waals surface area contributed by atoms with Gasteiger partial charge in [-0.2, -0.15) is 9.97 Å².